The largest absolute Gasteiger partial charge is 0.426 e. The molecule has 8 aromatic carbocycles. The van der Waals surface area contributed by atoms with E-state index in [-0.39, 0.29) is 47.5 Å². The summed E-state index contributed by atoms with van der Waals surface area (Å²) in [6, 6.07) is 46.6. The van der Waals surface area contributed by atoms with Gasteiger partial charge in [0.15, 0.2) is 0 Å². The van der Waals surface area contributed by atoms with E-state index in [0.29, 0.717) is 68.3 Å². The highest BCUT2D eigenvalue weighted by molar-refractivity contribution is 5.91. The smallest absolute Gasteiger partial charge is 0.338 e. The van der Waals surface area contributed by atoms with Crippen molar-refractivity contribution in [2.24, 2.45) is 23.7 Å². The molecule has 8 aromatic rings. The molecule has 0 bridgehead atoms. The van der Waals surface area contributed by atoms with Gasteiger partial charge >= 0.3 is 47.8 Å². The lowest BCUT2D eigenvalue weighted by Gasteiger charge is -2.15. The Balaban J connectivity index is 0.000000277. The van der Waals surface area contributed by atoms with Crippen molar-refractivity contribution in [1.82, 2.24) is 0 Å². The summed E-state index contributed by atoms with van der Waals surface area (Å²) in [4.78, 5) is 95.4. The zero-order chi connectivity index (χ0) is 86.2. The Hall–Kier alpha value is -11.5. The third kappa shape index (κ3) is 29.1. The Morgan fingerprint density at radius 2 is 0.448 bits per heavy atom. The first-order chi connectivity index (χ1) is 55.0. The van der Waals surface area contributed by atoms with Crippen molar-refractivity contribution in [2.45, 2.75) is 216 Å². The number of unbranched alkanes of at least 4 members (excludes halogenated alkanes) is 2. The zero-order valence-electron chi connectivity index (χ0n) is 72.0. The molecule has 8 rings (SSSR count). The highest BCUT2D eigenvalue weighted by atomic mass is 16.6. The fraction of sp³-hybridized carbons (Fsp3) is 0.360. The SMILES string of the molecule is C=C(C)C(=O)Oc1ccc(-c2ccc(OC(=O)C(C)C)c(C)c2)cc1C.C=C(C)C(=O)Oc1ccc(-c2ccc(OC(=O)C(C)C)c(CC)c2)cc1CC.C=C(C)C(=O)Oc1ccc(-c2ccc(OC(=O)C(C)C)c(CCC)c2)cc1CCC.C=C(C)C(=O)Oc1ccc(-c2ccc(OC(=O)C(C)C)c(CCCC)c2)cc1CCCC. The highest BCUT2D eigenvalue weighted by Gasteiger charge is 2.22. The van der Waals surface area contributed by atoms with Gasteiger partial charge in [0.1, 0.15) is 46.0 Å². The molecule has 0 atom stereocenters. The van der Waals surface area contributed by atoms with E-state index in [4.69, 9.17) is 37.9 Å². The molecule has 0 N–H and O–H groups in total. The van der Waals surface area contributed by atoms with Crippen LogP contribution in [0.25, 0.3) is 44.5 Å². The number of rotatable bonds is 32. The predicted octanol–water partition coefficient (Wildman–Crippen LogP) is 23.9. The second-order valence-corrected chi connectivity index (χ2v) is 30.3. The zero-order valence-corrected chi connectivity index (χ0v) is 72.0. The van der Waals surface area contributed by atoms with Crippen LogP contribution in [0.3, 0.4) is 0 Å². The molecule has 0 spiro atoms. The summed E-state index contributed by atoms with van der Waals surface area (Å²) in [5.74, 6) is 1.34. The standard InChI is InChI=1S/C28H36O4.C26H32O4.C24H28O4.C22H24O4/c1-7-9-11-23-17-21(13-15-25(23)31-27(29)19(3)4)22-14-16-26(32-28(30)20(5)6)24(18-22)12-10-8-2;1-7-9-21-15-19(11-13-23(21)29-25(27)17(3)4)20-12-14-24(22(16-20)10-8-2)30-26(28)18(5)6;1-7-17-13-19(9-11-21(17)27-23(25)15(3)4)20-10-12-22(18(8-2)14-20)28-24(26)16(5)6;1-13(2)21(23)25-19-9-7-17(11-15(19)5)18-8-10-20(16(6)12-18)26-22(24)14(3)4/h13-18,20H,3,7-12H2,1-2,4-6H3;11-16,18H,3,7-10H2,1-2,4-6H3;9-14,16H,3,7-8H2,1-2,4-6H3;7-12,14H,1H2,2-6H3. The molecule has 116 heavy (non-hydrogen) atoms. The highest BCUT2D eigenvalue weighted by Crippen LogP contribution is 2.38. The monoisotopic (exact) mass is 1580 g/mol. The van der Waals surface area contributed by atoms with Crippen molar-refractivity contribution < 1.29 is 76.3 Å². The van der Waals surface area contributed by atoms with Crippen LogP contribution in [0, 0.1) is 37.5 Å². The summed E-state index contributed by atoms with van der Waals surface area (Å²) in [6.07, 6.45) is 10.8. The predicted molar refractivity (Wildman–Crippen MR) is 465 cm³/mol. The number of ether oxygens (including phenoxy) is 8. The van der Waals surface area contributed by atoms with Crippen molar-refractivity contribution in [3.8, 4) is 90.5 Å². The van der Waals surface area contributed by atoms with Crippen LogP contribution in [0.4, 0.5) is 0 Å². The first kappa shape index (κ1) is 95.1. The Bertz CT molecular complexity index is 4840. The minimum atomic E-state index is -0.437. The number of carbonyl (C=O) groups is 8. The van der Waals surface area contributed by atoms with E-state index in [1.54, 1.807) is 53.7 Å². The normalized spacial score (nSPS) is 10.7. The summed E-state index contributed by atoms with van der Waals surface area (Å²) in [7, 11) is 0. The number of esters is 8. The molecule has 0 heterocycles. The van der Waals surface area contributed by atoms with Gasteiger partial charge in [-0.25, -0.2) is 19.2 Å². The van der Waals surface area contributed by atoms with E-state index in [0.717, 1.165) is 166 Å². The lowest BCUT2D eigenvalue weighted by atomic mass is 9.96. The van der Waals surface area contributed by atoms with Crippen molar-refractivity contribution in [1.29, 1.82) is 0 Å². The number of aryl methyl sites for hydroxylation is 8. The van der Waals surface area contributed by atoms with Gasteiger partial charge in [-0.05, 0) is 279 Å². The van der Waals surface area contributed by atoms with Gasteiger partial charge in [-0.3, -0.25) is 19.2 Å². The van der Waals surface area contributed by atoms with Gasteiger partial charge in [0, 0.05) is 22.3 Å². The van der Waals surface area contributed by atoms with Crippen molar-refractivity contribution in [3.63, 3.8) is 0 Å². The van der Waals surface area contributed by atoms with Crippen LogP contribution in [0.5, 0.6) is 46.0 Å². The quantitative estimate of drug-likeness (QED) is 0.0218. The lowest BCUT2D eigenvalue weighted by molar-refractivity contribution is -0.138. The van der Waals surface area contributed by atoms with Gasteiger partial charge in [0.2, 0.25) is 0 Å². The van der Waals surface area contributed by atoms with Crippen LogP contribution in [0.15, 0.2) is 194 Å². The van der Waals surface area contributed by atoms with Crippen LogP contribution >= 0.6 is 0 Å². The maximum atomic E-state index is 12.1. The Morgan fingerprint density at radius 3 is 0.672 bits per heavy atom. The van der Waals surface area contributed by atoms with E-state index in [1.165, 1.54) is 0 Å². The minimum Gasteiger partial charge on any atom is -0.426 e. The van der Waals surface area contributed by atoms with Crippen molar-refractivity contribution >= 4 is 47.8 Å². The molecule has 0 aliphatic carbocycles. The number of benzene rings is 8. The van der Waals surface area contributed by atoms with Crippen molar-refractivity contribution in [3.05, 3.63) is 239 Å². The number of carbonyl (C=O) groups excluding carboxylic acids is 8. The lowest BCUT2D eigenvalue weighted by Crippen LogP contribution is -2.15. The van der Waals surface area contributed by atoms with Gasteiger partial charge in [-0.15, -0.1) is 0 Å². The third-order valence-electron chi connectivity index (χ3n) is 18.4. The average molecular weight is 1580 g/mol. The molecular formula is C100H120O16. The van der Waals surface area contributed by atoms with Crippen LogP contribution in [-0.2, 0) is 76.9 Å². The van der Waals surface area contributed by atoms with Crippen LogP contribution in [-0.4, -0.2) is 47.8 Å². The second-order valence-electron chi connectivity index (χ2n) is 30.3. The number of hydrogen-bond acceptors (Lipinski definition) is 16. The van der Waals surface area contributed by atoms with E-state index in [9.17, 15) is 38.4 Å². The molecule has 16 nitrogen and oxygen atoms in total. The maximum Gasteiger partial charge on any atom is 0.338 e. The Labute approximate surface area is 688 Å². The first-order valence-corrected chi connectivity index (χ1v) is 40.4. The van der Waals surface area contributed by atoms with Crippen LogP contribution in [0.2, 0.25) is 0 Å². The molecule has 0 fully saturated rings. The molecule has 616 valence electrons. The molecule has 0 saturated carbocycles. The second kappa shape index (κ2) is 46.7. The molecule has 0 aromatic heterocycles. The fourth-order valence-corrected chi connectivity index (χ4v) is 11.3. The Morgan fingerprint density at radius 1 is 0.259 bits per heavy atom. The molecule has 0 unspecified atom stereocenters. The Kier molecular flexibility index (Phi) is 38.3. The minimum absolute atomic E-state index is 0.175. The summed E-state index contributed by atoms with van der Waals surface area (Å²) in [6.45, 7) is 51.9. The van der Waals surface area contributed by atoms with Gasteiger partial charge in [-0.1, -0.05) is 197 Å². The van der Waals surface area contributed by atoms with Gasteiger partial charge in [0.05, 0.1) is 23.7 Å². The molecule has 0 radical (unpaired) electrons. The molecule has 0 aliphatic heterocycles. The van der Waals surface area contributed by atoms with Gasteiger partial charge in [0.25, 0.3) is 0 Å². The van der Waals surface area contributed by atoms with Crippen molar-refractivity contribution in [2.75, 3.05) is 0 Å². The fourth-order valence-electron chi connectivity index (χ4n) is 11.3. The molecular weight excluding hydrogens is 1460 g/mol. The first-order valence-electron chi connectivity index (χ1n) is 40.4. The van der Waals surface area contributed by atoms with Crippen LogP contribution < -0.4 is 37.9 Å². The van der Waals surface area contributed by atoms with E-state index >= 15 is 0 Å². The van der Waals surface area contributed by atoms with Gasteiger partial charge < -0.3 is 37.9 Å². The molecule has 0 saturated heterocycles. The topological polar surface area (TPSA) is 210 Å². The molecule has 0 amide bonds. The summed E-state index contributed by atoms with van der Waals surface area (Å²) in [5, 5.41) is 0. The van der Waals surface area contributed by atoms with Gasteiger partial charge in [-0.2, -0.15) is 0 Å². The average Bonchev–Trinajstić information content (AvgIpc) is 0.886. The summed E-state index contributed by atoms with van der Waals surface area (Å²) in [5.41, 5.74) is 17.4. The third-order valence-corrected chi connectivity index (χ3v) is 18.4. The van der Waals surface area contributed by atoms with E-state index < -0.39 is 23.9 Å². The molecule has 16 heteroatoms. The molecule has 0 aliphatic rings. The van der Waals surface area contributed by atoms with E-state index in [2.05, 4.69) is 78.3 Å². The maximum absolute atomic E-state index is 12.1. The summed E-state index contributed by atoms with van der Waals surface area (Å²) >= 11 is 0. The van der Waals surface area contributed by atoms with E-state index in [1.807, 2.05) is 178 Å². The van der Waals surface area contributed by atoms with Crippen LogP contribution in [0.1, 0.15) is 208 Å². The summed E-state index contributed by atoms with van der Waals surface area (Å²) < 4.78 is 44.0. The number of hydrogen-bond donors (Lipinski definition) is 0.